The van der Waals surface area contributed by atoms with Gasteiger partial charge in [-0.15, -0.1) is 0 Å². The third kappa shape index (κ3) is 3.59. The summed E-state index contributed by atoms with van der Waals surface area (Å²) >= 11 is 0. The van der Waals surface area contributed by atoms with Crippen LogP contribution in [0.3, 0.4) is 0 Å². The van der Waals surface area contributed by atoms with Crippen LogP contribution < -0.4 is 4.72 Å². The number of hydrogen-bond acceptors (Lipinski definition) is 3. The Morgan fingerprint density at radius 3 is 3.10 bits per heavy atom. The lowest BCUT2D eigenvalue weighted by Crippen LogP contribution is -2.20. The molecule has 0 unspecified atom stereocenters. The minimum atomic E-state index is -4.83. The maximum absolute atomic E-state index is 12.4. The lowest BCUT2D eigenvalue weighted by molar-refractivity contribution is 0.414. The maximum Gasteiger partial charge on any atom is 0.215 e. The van der Waals surface area contributed by atoms with E-state index in [0.717, 1.165) is 0 Å². The molecule has 0 amide bonds. The van der Waals surface area contributed by atoms with Crippen molar-refractivity contribution in [2.75, 3.05) is 27.6 Å². The number of sulfonamides is 1. The molecule has 2 rings (SSSR count). The Balaban J connectivity index is 2.81. The normalized spacial score (nSPS) is 21.9. The molecule has 20 heavy (non-hydrogen) atoms. The van der Waals surface area contributed by atoms with Gasteiger partial charge >= 0.3 is 0 Å². The fourth-order valence-electron chi connectivity index (χ4n) is 1.57. The van der Waals surface area contributed by atoms with Gasteiger partial charge in [-0.25, -0.2) is 13.1 Å². The average molecular weight is 306 g/mol. The Labute approximate surface area is 135 Å². The summed E-state index contributed by atoms with van der Waals surface area (Å²) in [5, 5.41) is -0.234. The Morgan fingerprint density at radius 1 is 1.60 bits per heavy atom. The highest BCUT2D eigenvalue weighted by atomic mass is 32.2. The summed E-state index contributed by atoms with van der Waals surface area (Å²) in [6.45, 7) is -5.33. The molecule has 0 bridgehead atoms. The minimum Gasteiger partial charge on any atom is -0.361 e. The van der Waals surface area contributed by atoms with Crippen molar-refractivity contribution in [1.29, 1.82) is 0 Å². The number of aromatic amines is 1. The third-order valence-corrected chi connectivity index (χ3v) is 3.42. The van der Waals surface area contributed by atoms with Crippen LogP contribution in [-0.2, 0) is 22.2 Å². The van der Waals surface area contributed by atoms with Crippen molar-refractivity contribution < 1.29 is 23.6 Å². The monoisotopic (exact) mass is 306 g/mol. The van der Waals surface area contributed by atoms with Gasteiger partial charge in [-0.05, 0) is 50.7 Å². The Kier molecular flexibility index (Phi) is 1.84. The van der Waals surface area contributed by atoms with Gasteiger partial charge < -0.3 is 9.88 Å². The number of fused-ring (bicyclic) bond motifs is 1. The van der Waals surface area contributed by atoms with E-state index < -0.39 is 70.2 Å². The van der Waals surface area contributed by atoms with Gasteiger partial charge in [0.2, 0.25) is 10.0 Å². The fourth-order valence-corrected chi connectivity index (χ4v) is 2.15. The number of benzene rings is 1. The van der Waals surface area contributed by atoms with Gasteiger partial charge in [0.15, 0.2) is 1.41 Å². The van der Waals surface area contributed by atoms with E-state index in [1.54, 1.807) is 0 Å². The lowest BCUT2D eigenvalue weighted by Gasteiger charge is -2.08. The number of hydrogen-bond donors (Lipinski definition) is 2. The predicted molar refractivity (Wildman–Crippen MR) is 82.2 cm³/mol. The summed E-state index contributed by atoms with van der Waals surface area (Å²) < 4.78 is 110. The molecule has 2 aromatic rings. The number of H-pyrrole nitrogens is 1. The van der Waals surface area contributed by atoms with Crippen LogP contribution in [0.2, 0.25) is 2.82 Å². The largest absolute Gasteiger partial charge is 0.361 e. The molecule has 1 aromatic carbocycles. The summed E-state index contributed by atoms with van der Waals surface area (Å²) in [6.07, 6.45) is -0.984. The number of aromatic nitrogens is 1. The quantitative estimate of drug-likeness (QED) is 0.846. The standard InChI is InChI=1S/C14H21N3O2S/c1-15-20(18,19)10-11-4-5-14-13(8-11)12(9-16-14)6-7-17(2)3/h4-5,8-9,15-16H,6-7,10H2,1-3H3/i1D3,4D,5D,7D2,8D,9D/hD2. The molecule has 0 saturated heterocycles. The molecule has 110 valence electrons. The number of nitrogens with zero attached hydrogens (tertiary/aromatic N) is 1. The molecule has 0 saturated carbocycles. The molecule has 2 N–H and O–H groups in total. The maximum atomic E-state index is 12.4. The molecule has 5 nitrogen and oxygen atoms in total. The highest BCUT2D eigenvalue weighted by molar-refractivity contribution is 7.88. The number of rotatable bonds is 6. The molecule has 1 aromatic heterocycles. The second kappa shape index (κ2) is 5.95. The van der Waals surface area contributed by atoms with Gasteiger partial charge in [0.1, 0.15) is 1.41 Å². The Bertz CT molecular complexity index is 1130. The smallest absolute Gasteiger partial charge is 0.215 e. The van der Waals surface area contributed by atoms with Gasteiger partial charge in [0.25, 0.3) is 0 Å². The first-order valence-electron chi connectivity index (χ1n) is 11.0. The summed E-state index contributed by atoms with van der Waals surface area (Å²) in [7, 11) is -1.95. The van der Waals surface area contributed by atoms with E-state index in [2.05, 4.69) is 0 Å². The molecule has 0 atom stereocenters. The zero-order valence-electron chi connectivity index (χ0n) is 22.0. The summed E-state index contributed by atoms with van der Waals surface area (Å²) in [4.78, 5) is 1.69. The first kappa shape index (κ1) is 6.17. The highest BCUT2D eigenvalue weighted by Crippen LogP contribution is 2.21. The topological polar surface area (TPSA) is 65.2 Å². The Morgan fingerprint density at radius 2 is 2.40 bits per heavy atom. The van der Waals surface area contributed by atoms with Crippen LogP contribution in [-0.4, -0.2) is 45.9 Å². The van der Waals surface area contributed by atoms with Crippen molar-refractivity contribution in [1.82, 2.24) is 14.6 Å². The molecule has 0 aliphatic heterocycles. The zero-order valence-corrected chi connectivity index (χ0v) is 11.8. The molecule has 0 fully saturated rings. The van der Waals surface area contributed by atoms with Crippen LogP contribution in [0, 0.1) is 0 Å². The highest BCUT2D eigenvalue weighted by Gasteiger charge is 2.11. The first-order chi connectivity index (χ1) is 13.8. The second-order valence-corrected chi connectivity index (χ2v) is 5.96. The van der Waals surface area contributed by atoms with E-state index in [0.29, 0.717) is 4.98 Å². The SMILES string of the molecule is [2H]c1c(CS(=O)(=O)N([2H])C([2H])([2H])[2H])c([2H])c2c(CC([2H])([2H])N(C)C)c([2H])n([2H])c2c1[2H]. The van der Waals surface area contributed by atoms with E-state index >= 15 is 0 Å². The van der Waals surface area contributed by atoms with Gasteiger partial charge in [-0.3, -0.25) is 0 Å². The van der Waals surface area contributed by atoms with E-state index in [1.165, 1.54) is 19.0 Å². The number of aryl methyl sites for hydroxylation is 1. The van der Waals surface area contributed by atoms with Gasteiger partial charge in [0, 0.05) is 30.4 Å². The van der Waals surface area contributed by atoms with Crippen LogP contribution >= 0.6 is 0 Å². The van der Waals surface area contributed by atoms with Crippen LogP contribution in [0.5, 0.6) is 0 Å². The van der Waals surface area contributed by atoms with Crippen molar-refractivity contribution >= 4 is 20.9 Å². The molecule has 1 heterocycles. The molecule has 6 heteroatoms. The van der Waals surface area contributed by atoms with E-state index in [1.807, 2.05) is 0 Å². The number of likely N-dealkylation sites (N-methyl/N-ethyl adjacent to an activating group) is 1. The lowest BCUT2D eigenvalue weighted by atomic mass is 10.1. The van der Waals surface area contributed by atoms with E-state index in [4.69, 9.17) is 15.2 Å². The number of nitrogens with one attached hydrogen (secondary N) is 2. The van der Waals surface area contributed by atoms with Crippen LogP contribution in [0.1, 0.15) is 23.5 Å². The third-order valence-electron chi connectivity index (χ3n) is 2.49. The molecule has 0 aliphatic carbocycles. The predicted octanol–water partition coefficient (Wildman–Crippen LogP) is 1.32. The second-order valence-electron chi connectivity index (χ2n) is 4.33. The van der Waals surface area contributed by atoms with Crippen LogP contribution in [0.15, 0.2) is 24.3 Å². The average Bonchev–Trinajstić information content (AvgIpc) is 2.86. The van der Waals surface area contributed by atoms with Gasteiger partial charge in [-0.1, -0.05) is 6.04 Å². The molecule has 0 aliphatic rings. The summed E-state index contributed by atoms with van der Waals surface area (Å²) in [5.74, 6) is -1.23. The first-order valence-corrected chi connectivity index (χ1v) is 7.26. The summed E-state index contributed by atoms with van der Waals surface area (Å²) in [5.41, 5.74) is -1.03. The molecule has 0 spiro atoms. The van der Waals surface area contributed by atoms with Crippen molar-refractivity contribution in [3.8, 4) is 0 Å². The van der Waals surface area contributed by atoms with E-state index in [9.17, 15) is 8.42 Å². The fraction of sp³-hybridized carbons (Fsp3) is 0.429. The van der Waals surface area contributed by atoms with Crippen LogP contribution in [0.4, 0.5) is 0 Å². The summed E-state index contributed by atoms with van der Waals surface area (Å²) in [6, 6.07) is -2.06. The zero-order chi connectivity index (χ0) is 24.3. The van der Waals surface area contributed by atoms with E-state index in [-0.39, 0.29) is 16.5 Å². The van der Waals surface area contributed by atoms with Crippen molar-refractivity contribution in [3.63, 3.8) is 0 Å². The van der Waals surface area contributed by atoms with Crippen LogP contribution in [0.25, 0.3) is 10.9 Å². The van der Waals surface area contributed by atoms with Crippen molar-refractivity contribution in [2.24, 2.45) is 0 Å². The van der Waals surface area contributed by atoms with Crippen molar-refractivity contribution in [3.05, 3.63) is 35.4 Å². The van der Waals surface area contributed by atoms with Gasteiger partial charge in [-0.2, -0.15) is 0 Å². The molecular weight excluding hydrogens is 274 g/mol. The van der Waals surface area contributed by atoms with Crippen molar-refractivity contribution in [2.45, 2.75) is 12.2 Å². The molecule has 0 radical (unpaired) electrons. The Hall–Kier alpha value is -1.37. The minimum absolute atomic E-state index is 0.126. The van der Waals surface area contributed by atoms with Gasteiger partial charge in [0.05, 0.1) is 11.2 Å². The molecular formula is C14H21N3O2S.